The van der Waals surface area contributed by atoms with Crippen LogP contribution in [0.25, 0.3) is 11.4 Å². The van der Waals surface area contributed by atoms with Gasteiger partial charge in [-0.3, -0.25) is 14.7 Å². The highest BCUT2D eigenvalue weighted by atomic mass is 35.5. The Balaban J connectivity index is 1.54. The van der Waals surface area contributed by atoms with Crippen LogP contribution in [0.5, 0.6) is 0 Å². The number of aromatic nitrogens is 5. The van der Waals surface area contributed by atoms with Crippen molar-refractivity contribution in [1.29, 1.82) is 0 Å². The first-order valence-electron chi connectivity index (χ1n) is 9.62. The number of aromatic amines is 2. The lowest BCUT2D eigenvalue weighted by Gasteiger charge is -2.27. The van der Waals surface area contributed by atoms with Gasteiger partial charge >= 0.3 is 0 Å². The van der Waals surface area contributed by atoms with E-state index in [9.17, 15) is 4.79 Å². The van der Waals surface area contributed by atoms with Crippen LogP contribution < -0.4 is 5.56 Å². The summed E-state index contributed by atoms with van der Waals surface area (Å²) in [6, 6.07) is 3.72. The highest BCUT2D eigenvalue weighted by Gasteiger charge is 2.23. The molecule has 3 aromatic rings. The average molecular weight is 399 g/mol. The molecule has 0 radical (unpaired) electrons. The van der Waals surface area contributed by atoms with Crippen LogP contribution in [0.2, 0.25) is 5.15 Å². The van der Waals surface area contributed by atoms with Gasteiger partial charge in [0.2, 0.25) is 0 Å². The first kappa shape index (κ1) is 18.8. The number of pyridine rings is 1. The van der Waals surface area contributed by atoms with E-state index in [2.05, 4.69) is 31.8 Å². The minimum atomic E-state index is -0.0649. The number of imidazole rings is 1. The molecule has 0 aromatic carbocycles. The fourth-order valence-electron chi connectivity index (χ4n) is 3.50. The number of hydrogen-bond acceptors (Lipinski definition) is 5. The summed E-state index contributed by atoms with van der Waals surface area (Å²) in [6.45, 7) is 4.20. The van der Waals surface area contributed by atoms with Crippen molar-refractivity contribution in [1.82, 2.24) is 29.8 Å². The van der Waals surface area contributed by atoms with Crippen molar-refractivity contribution in [3.8, 4) is 11.4 Å². The van der Waals surface area contributed by atoms with Crippen LogP contribution >= 0.6 is 11.6 Å². The molecule has 0 spiro atoms. The Labute approximate surface area is 168 Å². The molecule has 0 amide bonds. The predicted octanol–water partition coefficient (Wildman–Crippen LogP) is 3.11. The fraction of sp³-hybridized carbons (Fsp3) is 0.400. The summed E-state index contributed by atoms with van der Waals surface area (Å²) in [6.07, 6.45) is 7.18. The van der Waals surface area contributed by atoms with Gasteiger partial charge < -0.3 is 9.97 Å². The third-order valence-corrected chi connectivity index (χ3v) is 5.33. The van der Waals surface area contributed by atoms with E-state index < -0.39 is 0 Å². The van der Waals surface area contributed by atoms with Crippen LogP contribution in [-0.2, 0) is 25.9 Å². The van der Waals surface area contributed by atoms with Gasteiger partial charge in [-0.05, 0) is 25.0 Å². The lowest BCUT2D eigenvalue weighted by atomic mass is 10.1. The molecule has 0 unspecified atom stereocenters. The summed E-state index contributed by atoms with van der Waals surface area (Å²) < 4.78 is 0. The number of nitrogens with one attached hydrogen (secondary N) is 2. The van der Waals surface area contributed by atoms with E-state index in [-0.39, 0.29) is 5.56 Å². The van der Waals surface area contributed by atoms with Crippen molar-refractivity contribution in [2.75, 3.05) is 6.54 Å². The summed E-state index contributed by atoms with van der Waals surface area (Å²) in [5, 5.41) is 0.534. The molecule has 0 bridgehead atoms. The molecule has 8 heteroatoms. The molecular weight excluding hydrogens is 376 g/mol. The summed E-state index contributed by atoms with van der Waals surface area (Å²) in [7, 11) is 0. The maximum Gasteiger partial charge on any atom is 0.254 e. The molecule has 28 heavy (non-hydrogen) atoms. The van der Waals surface area contributed by atoms with E-state index in [0.717, 1.165) is 54.1 Å². The highest BCUT2D eigenvalue weighted by Crippen LogP contribution is 2.22. The Morgan fingerprint density at radius 2 is 2.18 bits per heavy atom. The highest BCUT2D eigenvalue weighted by molar-refractivity contribution is 6.30. The lowest BCUT2D eigenvalue weighted by Crippen LogP contribution is -2.35. The van der Waals surface area contributed by atoms with Gasteiger partial charge in [-0.15, -0.1) is 0 Å². The number of nitrogens with zero attached hydrogens (tertiary/aromatic N) is 4. The molecule has 0 fully saturated rings. The van der Waals surface area contributed by atoms with Gasteiger partial charge in [-0.25, -0.2) is 9.97 Å². The fourth-order valence-corrected chi connectivity index (χ4v) is 3.71. The summed E-state index contributed by atoms with van der Waals surface area (Å²) in [5.74, 6) is 1.49. The zero-order chi connectivity index (χ0) is 19.5. The van der Waals surface area contributed by atoms with E-state index in [1.165, 1.54) is 0 Å². The van der Waals surface area contributed by atoms with E-state index in [1.807, 2.05) is 12.1 Å². The molecule has 4 heterocycles. The Kier molecular flexibility index (Phi) is 5.54. The number of fused-ring (bicyclic) bond motifs is 1. The van der Waals surface area contributed by atoms with Gasteiger partial charge in [0.25, 0.3) is 5.56 Å². The van der Waals surface area contributed by atoms with Crippen LogP contribution in [0, 0.1) is 0 Å². The molecule has 7 nitrogen and oxygen atoms in total. The maximum absolute atomic E-state index is 12.5. The molecule has 3 aromatic heterocycles. The lowest BCUT2D eigenvalue weighted by molar-refractivity contribution is 0.238. The number of halogens is 1. The minimum Gasteiger partial charge on any atom is -0.344 e. The molecular formula is C20H23ClN6O. The Morgan fingerprint density at radius 3 is 2.96 bits per heavy atom. The van der Waals surface area contributed by atoms with Gasteiger partial charge in [0.1, 0.15) is 11.6 Å². The standard InChI is InChI=1S/C20H23ClN6O/c1-2-3-6-17-23-16(18(21)25-17)12-27-9-7-14-15(11-27)24-19(26-20(14)28)13-5-4-8-22-10-13/h4-5,8,10H,2-3,6-7,9,11-12H2,1H3,(H,23,25)(H,24,26,28). The summed E-state index contributed by atoms with van der Waals surface area (Å²) in [5.41, 5.74) is 3.24. The third-order valence-electron chi connectivity index (χ3n) is 5.01. The predicted molar refractivity (Wildman–Crippen MR) is 108 cm³/mol. The molecule has 146 valence electrons. The normalized spacial score (nSPS) is 14.2. The van der Waals surface area contributed by atoms with Crippen molar-refractivity contribution in [3.05, 3.63) is 62.8 Å². The van der Waals surface area contributed by atoms with Crippen molar-refractivity contribution in [2.24, 2.45) is 0 Å². The van der Waals surface area contributed by atoms with Gasteiger partial charge in [0.05, 0.1) is 11.4 Å². The van der Waals surface area contributed by atoms with Crippen LogP contribution in [0.15, 0.2) is 29.3 Å². The third kappa shape index (κ3) is 4.00. The largest absolute Gasteiger partial charge is 0.344 e. The summed E-state index contributed by atoms with van der Waals surface area (Å²) >= 11 is 6.33. The Hall–Kier alpha value is -2.51. The first-order valence-corrected chi connectivity index (χ1v) is 10.00. The van der Waals surface area contributed by atoms with Crippen molar-refractivity contribution in [2.45, 2.75) is 45.7 Å². The van der Waals surface area contributed by atoms with Crippen molar-refractivity contribution in [3.63, 3.8) is 0 Å². The van der Waals surface area contributed by atoms with E-state index in [1.54, 1.807) is 12.4 Å². The number of H-pyrrole nitrogens is 2. The first-order chi connectivity index (χ1) is 13.6. The minimum absolute atomic E-state index is 0.0649. The Morgan fingerprint density at radius 1 is 1.29 bits per heavy atom. The number of hydrogen-bond donors (Lipinski definition) is 2. The molecule has 0 saturated heterocycles. The zero-order valence-electron chi connectivity index (χ0n) is 15.8. The molecule has 0 saturated carbocycles. The Bertz CT molecular complexity index is 1010. The van der Waals surface area contributed by atoms with Gasteiger partial charge in [0.15, 0.2) is 5.15 Å². The van der Waals surface area contributed by atoms with Crippen molar-refractivity contribution < 1.29 is 0 Å². The second-order valence-electron chi connectivity index (χ2n) is 7.10. The number of unbranched alkanes of at least 4 members (excludes halogenated alkanes) is 1. The van der Waals surface area contributed by atoms with E-state index in [0.29, 0.717) is 30.5 Å². The van der Waals surface area contributed by atoms with Crippen LogP contribution in [0.4, 0.5) is 0 Å². The van der Waals surface area contributed by atoms with E-state index in [4.69, 9.17) is 16.6 Å². The van der Waals surface area contributed by atoms with E-state index >= 15 is 0 Å². The molecule has 1 aliphatic heterocycles. The quantitative estimate of drug-likeness (QED) is 0.665. The SMILES string of the molecule is CCCCc1nc(Cl)c(CN2CCc3c(nc(-c4cccnc4)[nH]c3=O)C2)[nH]1. The topological polar surface area (TPSA) is 90.6 Å². The van der Waals surface area contributed by atoms with Crippen LogP contribution in [-0.4, -0.2) is 36.4 Å². The second-order valence-corrected chi connectivity index (χ2v) is 7.46. The molecule has 1 aliphatic rings. The smallest absolute Gasteiger partial charge is 0.254 e. The zero-order valence-corrected chi connectivity index (χ0v) is 16.6. The van der Waals surface area contributed by atoms with Gasteiger partial charge in [0, 0.05) is 49.6 Å². The van der Waals surface area contributed by atoms with Crippen molar-refractivity contribution >= 4 is 11.6 Å². The molecule has 0 aliphatic carbocycles. The van der Waals surface area contributed by atoms with Crippen LogP contribution in [0.1, 0.15) is 42.5 Å². The maximum atomic E-state index is 12.5. The van der Waals surface area contributed by atoms with Crippen LogP contribution in [0.3, 0.4) is 0 Å². The van der Waals surface area contributed by atoms with Gasteiger partial charge in [-0.1, -0.05) is 24.9 Å². The van der Waals surface area contributed by atoms with Gasteiger partial charge in [-0.2, -0.15) is 0 Å². The number of aryl methyl sites for hydroxylation is 1. The summed E-state index contributed by atoms with van der Waals surface area (Å²) in [4.78, 5) is 34.2. The second kappa shape index (κ2) is 8.24. The number of rotatable bonds is 6. The average Bonchev–Trinajstić information content (AvgIpc) is 3.06. The molecule has 0 atom stereocenters. The monoisotopic (exact) mass is 398 g/mol. The molecule has 2 N–H and O–H groups in total. The molecule has 4 rings (SSSR count).